The van der Waals surface area contributed by atoms with E-state index in [0.29, 0.717) is 6.54 Å². The molecule has 0 bridgehead atoms. The van der Waals surface area contributed by atoms with Gasteiger partial charge in [-0.05, 0) is 0 Å². The van der Waals surface area contributed by atoms with Gasteiger partial charge >= 0.3 is 0 Å². The molecule has 0 aliphatic rings. The van der Waals surface area contributed by atoms with Crippen molar-refractivity contribution < 1.29 is 1.43 Å². The van der Waals surface area contributed by atoms with E-state index < -0.39 is 0 Å². The van der Waals surface area contributed by atoms with Crippen LogP contribution >= 0.6 is 0 Å². The van der Waals surface area contributed by atoms with Crippen molar-refractivity contribution in [2.24, 2.45) is 12.8 Å². The molecule has 2 N–H and O–H groups in total. The topological polar surface area (TPSA) is 56.7 Å². The molecular formula is C4H10N4. The van der Waals surface area contributed by atoms with Gasteiger partial charge in [-0.3, -0.25) is 0 Å². The zero-order valence-electron chi connectivity index (χ0n) is 4.70. The van der Waals surface area contributed by atoms with Gasteiger partial charge in [0, 0.05) is 8.47 Å². The van der Waals surface area contributed by atoms with Gasteiger partial charge in [0.2, 0.25) is 0 Å². The lowest BCUT2D eigenvalue weighted by molar-refractivity contribution is 0.792. The Labute approximate surface area is 48.8 Å². The van der Waals surface area contributed by atoms with E-state index in [1.54, 1.807) is 10.9 Å². The number of aryl methyl sites for hydroxylation is 1. The summed E-state index contributed by atoms with van der Waals surface area (Å²) in [6, 6.07) is 0. The molecule has 46 valence electrons. The number of nitrogens with two attached hydrogens (primary N) is 1. The summed E-state index contributed by atoms with van der Waals surface area (Å²) in [5.41, 5.74) is 5.27. The van der Waals surface area contributed by atoms with Crippen molar-refractivity contribution in [3.8, 4) is 0 Å². The first-order valence-electron chi connectivity index (χ1n) is 2.37. The third-order valence-electron chi connectivity index (χ3n) is 0.988. The summed E-state index contributed by atoms with van der Waals surface area (Å²) in [6.07, 6.45) is 1.63. The van der Waals surface area contributed by atoms with Crippen LogP contribution < -0.4 is 5.73 Å². The number of rotatable bonds is 1. The molecule has 0 saturated carbocycles. The second-order valence-electron chi connectivity index (χ2n) is 1.56. The van der Waals surface area contributed by atoms with E-state index in [2.05, 4.69) is 10.2 Å². The molecule has 0 aliphatic heterocycles. The molecule has 1 rings (SSSR count). The third kappa shape index (κ3) is 0.696. The molecule has 1 aromatic heterocycles. The molecule has 0 aliphatic carbocycles. The van der Waals surface area contributed by atoms with Crippen LogP contribution in [-0.2, 0) is 13.6 Å². The summed E-state index contributed by atoms with van der Waals surface area (Å²) in [7, 11) is 1.86. The molecule has 0 unspecified atom stereocenters. The SMILES string of the molecule is Cn1cnnc1CN.[HH]. The summed E-state index contributed by atoms with van der Waals surface area (Å²) in [4.78, 5) is 0. The summed E-state index contributed by atoms with van der Waals surface area (Å²) >= 11 is 0. The maximum atomic E-state index is 5.27. The van der Waals surface area contributed by atoms with Gasteiger partial charge in [0.25, 0.3) is 0 Å². The standard InChI is InChI=1S/C4H8N4.H2/c1-8-3-6-7-4(8)2-5;/h3H,2,5H2,1H3;1H. The zero-order valence-corrected chi connectivity index (χ0v) is 4.70. The zero-order chi connectivity index (χ0) is 5.98. The van der Waals surface area contributed by atoms with E-state index in [9.17, 15) is 0 Å². The minimum absolute atomic E-state index is 0. The van der Waals surface area contributed by atoms with Gasteiger partial charge in [-0.25, -0.2) is 0 Å². The molecule has 0 atom stereocenters. The van der Waals surface area contributed by atoms with Gasteiger partial charge in [-0.15, -0.1) is 10.2 Å². The smallest absolute Gasteiger partial charge is 0.146 e. The van der Waals surface area contributed by atoms with Crippen molar-refractivity contribution in [2.45, 2.75) is 6.54 Å². The van der Waals surface area contributed by atoms with Crippen molar-refractivity contribution in [3.05, 3.63) is 12.2 Å². The van der Waals surface area contributed by atoms with Crippen LogP contribution in [0.2, 0.25) is 0 Å². The first kappa shape index (κ1) is 5.24. The van der Waals surface area contributed by atoms with Gasteiger partial charge in [0.05, 0.1) is 6.54 Å². The molecule has 0 radical (unpaired) electrons. The molecule has 8 heavy (non-hydrogen) atoms. The van der Waals surface area contributed by atoms with Gasteiger partial charge in [0.1, 0.15) is 12.2 Å². The van der Waals surface area contributed by atoms with Crippen LogP contribution in [-0.4, -0.2) is 14.8 Å². The lowest BCUT2D eigenvalue weighted by atomic mass is 10.6. The predicted octanol–water partition coefficient (Wildman–Crippen LogP) is -0.480. The highest BCUT2D eigenvalue weighted by molar-refractivity contribution is 4.80. The molecule has 4 nitrogen and oxygen atoms in total. The van der Waals surface area contributed by atoms with Crippen LogP contribution in [0.5, 0.6) is 0 Å². The molecule has 0 spiro atoms. The van der Waals surface area contributed by atoms with Crippen LogP contribution in [0.3, 0.4) is 0 Å². The third-order valence-corrected chi connectivity index (χ3v) is 0.988. The fraction of sp³-hybridized carbons (Fsp3) is 0.500. The average molecular weight is 114 g/mol. The molecule has 1 heterocycles. The van der Waals surface area contributed by atoms with Crippen molar-refractivity contribution in [1.29, 1.82) is 0 Å². The van der Waals surface area contributed by atoms with Crippen molar-refractivity contribution in [1.82, 2.24) is 14.8 Å². The van der Waals surface area contributed by atoms with Gasteiger partial charge in [0.15, 0.2) is 0 Å². The minimum Gasteiger partial charge on any atom is -0.324 e. The molecule has 4 heteroatoms. The molecule has 0 saturated heterocycles. The summed E-state index contributed by atoms with van der Waals surface area (Å²) in [6.45, 7) is 0.455. The fourth-order valence-electron chi connectivity index (χ4n) is 0.492. The predicted molar refractivity (Wildman–Crippen MR) is 31.0 cm³/mol. The van der Waals surface area contributed by atoms with Crippen molar-refractivity contribution in [3.63, 3.8) is 0 Å². The number of aromatic nitrogens is 3. The van der Waals surface area contributed by atoms with Crippen LogP contribution in [0.15, 0.2) is 6.33 Å². The monoisotopic (exact) mass is 114 g/mol. The Morgan fingerprint density at radius 2 is 2.75 bits per heavy atom. The second-order valence-corrected chi connectivity index (χ2v) is 1.56. The fourth-order valence-corrected chi connectivity index (χ4v) is 0.492. The van der Waals surface area contributed by atoms with Crippen molar-refractivity contribution in [2.75, 3.05) is 0 Å². The maximum absolute atomic E-state index is 5.27. The van der Waals surface area contributed by atoms with Crippen LogP contribution in [0.4, 0.5) is 0 Å². The van der Waals surface area contributed by atoms with Crippen LogP contribution in [0, 0.1) is 0 Å². The normalized spacial score (nSPS) is 9.75. The maximum Gasteiger partial charge on any atom is 0.146 e. The molecular weight excluding hydrogens is 104 g/mol. The number of hydrogen-bond donors (Lipinski definition) is 1. The lowest BCUT2D eigenvalue weighted by Crippen LogP contribution is -2.03. The lowest BCUT2D eigenvalue weighted by Gasteiger charge is -1.90. The van der Waals surface area contributed by atoms with E-state index in [4.69, 9.17) is 5.73 Å². The summed E-state index contributed by atoms with van der Waals surface area (Å²) in [5, 5.41) is 7.35. The largest absolute Gasteiger partial charge is 0.324 e. The Kier molecular flexibility index (Phi) is 1.26. The van der Waals surface area contributed by atoms with Crippen LogP contribution in [0.1, 0.15) is 7.25 Å². The minimum atomic E-state index is 0. The highest BCUT2D eigenvalue weighted by atomic mass is 15.2. The number of hydrogen-bond acceptors (Lipinski definition) is 3. The number of nitrogens with zero attached hydrogens (tertiary/aromatic N) is 3. The Bertz CT molecular complexity index is 173. The Hall–Kier alpha value is -0.900. The molecule has 0 amide bonds. The van der Waals surface area contributed by atoms with E-state index >= 15 is 0 Å². The Balaban J connectivity index is 0.000000640. The first-order valence-corrected chi connectivity index (χ1v) is 2.37. The van der Waals surface area contributed by atoms with Crippen molar-refractivity contribution >= 4 is 0 Å². The van der Waals surface area contributed by atoms with E-state index in [1.165, 1.54) is 0 Å². The quantitative estimate of drug-likeness (QED) is 0.536. The highest BCUT2D eigenvalue weighted by Crippen LogP contribution is 1.85. The highest BCUT2D eigenvalue weighted by Gasteiger charge is 1.92. The van der Waals surface area contributed by atoms with Gasteiger partial charge in [-0.2, -0.15) is 0 Å². The summed E-state index contributed by atoms with van der Waals surface area (Å²) < 4.78 is 1.79. The van der Waals surface area contributed by atoms with Crippen LogP contribution in [0.25, 0.3) is 0 Å². The summed E-state index contributed by atoms with van der Waals surface area (Å²) in [5.74, 6) is 0.810. The van der Waals surface area contributed by atoms with E-state index in [1.807, 2.05) is 7.05 Å². The van der Waals surface area contributed by atoms with E-state index in [0.717, 1.165) is 5.82 Å². The average Bonchev–Trinajstić information content (AvgIpc) is 2.14. The molecule has 0 aromatic carbocycles. The second kappa shape index (κ2) is 1.92. The Morgan fingerprint density at radius 1 is 2.00 bits per heavy atom. The molecule has 0 fully saturated rings. The Morgan fingerprint density at radius 3 is 3.00 bits per heavy atom. The van der Waals surface area contributed by atoms with Gasteiger partial charge < -0.3 is 10.3 Å². The van der Waals surface area contributed by atoms with E-state index in [-0.39, 0.29) is 1.43 Å². The molecule has 1 aromatic rings. The first-order chi connectivity index (χ1) is 3.84. The van der Waals surface area contributed by atoms with Gasteiger partial charge in [-0.1, -0.05) is 0 Å².